The number of anilines is 1. The largest absolute Gasteiger partial charge is 0.465 e. The molecule has 0 radical (unpaired) electrons. The number of esters is 2. The van der Waals surface area contributed by atoms with Gasteiger partial charge >= 0.3 is 11.9 Å². The molecule has 9 heteroatoms. The minimum absolute atomic E-state index is 0.103. The molecule has 9 nitrogen and oxygen atoms in total. The molecule has 140 valence electrons. The number of nitrogens with one attached hydrogen (secondary N) is 2. The summed E-state index contributed by atoms with van der Waals surface area (Å²) in [5.41, 5.74) is 1.26. The Kier molecular flexibility index (Phi) is 5.81. The van der Waals surface area contributed by atoms with Gasteiger partial charge in [0.2, 0.25) is 0 Å². The van der Waals surface area contributed by atoms with E-state index in [4.69, 9.17) is 14.0 Å². The lowest BCUT2D eigenvalue weighted by atomic mass is 10.1. The molecule has 0 aliphatic rings. The number of H-pyrrole nitrogens is 1. The Morgan fingerprint density at radius 3 is 2.50 bits per heavy atom. The van der Waals surface area contributed by atoms with Crippen molar-refractivity contribution in [2.24, 2.45) is 0 Å². The van der Waals surface area contributed by atoms with E-state index in [1.807, 2.05) is 0 Å². The van der Waals surface area contributed by atoms with Crippen LogP contribution in [0.1, 0.15) is 51.2 Å². The second kappa shape index (κ2) is 7.85. The van der Waals surface area contributed by atoms with Crippen LogP contribution in [0.2, 0.25) is 0 Å². The summed E-state index contributed by atoms with van der Waals surface area (Å²) < 4.78 is 14.9. The maximum atomic E-state index is 12.5. The predicted molar refractivity (Wildman–Crippen MR) is 91.0 cm³/mol. The van der Waals surface area contributed by atoms with Crippen molar-refractivity contribution in [2.45, 2.75) is 40.2 Å². The molecule has 1 atom stereocenters. The van der Waals surface area contributed by atoms with Gasteiger partial charge < -0.3 is 24.3 Å². The van der Waals surface area contributed by atoms with Gasteiger partial charge in [0.1, 0.15) is 11.5 Å². The summed E-state index contributed by atoms with van der Waals surface area (Å²) in [4.78, 5) is 39.4. The predicted octanol–water partition coefficient (Wildman–Crippen LogP) is 2.29. The Balaban J connectivity index is 2.14. The van der Waals surface area contributed by atoms with Crippen LogP contribution in [-0.4, -0.2) is 41.2 Å². The third-order valence-electron chi connectivity index (χ3n) is 3.82. The quantitative estimate of drug-likeness (QED) is 0.755. The molecule has 2 aromatic rings. The van der Waals surface area contributed by atoms with Crippen LogP contribution in [0.3, 0.4) is 0 Å². The fourth-order valence-electron chi connectivity index (χ4n) is 2.50. The lowest BCUT2D eigenvalue weighted by molar-refractivity contribution is -0.124. The SMILES string of the molecule is CC[C@H](OC(=O)c1[nH]c(C)c(C(=O)OC)c1C)C(=O)Nc1cc(C)on1. The minimum Gasteiger partial charge on any atom is -0.465 e. The van der Waals surface area contributed by atoms with Crippen molar-refractivity contribution in [2.75, 3.05) is 12.4 Å². The summed E-state index contributed by atoms with van der Waals surface area (Å²) in [5.74, 6) is -1.04. The van der Waals surface area contributed by atoms with Gasteiger partial charge in [-0.1, -0.05) is 12.1 Å². The van der Waals surface area contributed by atoms with Gasteiger partial charge in [-0.2, -0.15) is 0 Å². The van der Waals surface area contributed by atoms with Crippen LogP contribution in [0.25, 0.3) is 0 Å². The van der Waals surface area contributed by atoms with Crippen LogP contribution in [0, 0.1) is 20.8 Å². The van der Waals surface area contributed by atoms with Gasteiger partial charge in [0, 0.05) is 11.8 Å². The van der Waals surface area contributed by atoms with Gasteiger partial charge in [-0.05, 0) is 32.8 Å². The van der Waals surface area contributed by atoms with E-state index in [0.29, 0.717) is 17.0 Å². The third kappa shape index (κ3) is 3.93. The Hall–Kier alpha value is -3.10. The molecule has 1 amide bonds. The summed E-state index contributed by atoms with van der Waals surface area (Å²) in [5, 5.41) is 6.19. The Morgan fingerprint density at radius 2 is 1.96 bits per heavy atom. The molecule has 0 aromatic carbocycles. The summed E-state index contributed by atoms with van der Waals surface area (Å²) >= 11 is 0. The molecule has 2 aromatic heterocycles. The minimum atomic E-state index is -1.02. The average Bonchev–Trinajstić information content (AvgIpc) is 3.14. The van der Waals surface area contributed by atoms with Gasteiger partial charge in [0.05, 0.1) is 12.7 Å². The molecule has 0 aliphatic carbocycles. The number of methoxy groups -OCH3 is 1. The second-order valence-electron chi connectivity index (χ2n) is 5.73. The highest BCUT2D eigenvalue weighted by molar-refractivity contribution is 6.00. The zero-order chi connectivity index (χ0) is 19.4. The average molecular weight is 363 g/mol. The van der Waals surface area contributed by atoms with Gasteiger partial charge in [-0.15, -0.1) is 0 Å². The summed E-state index contributed by atoms with van der Waals surface area (Å²) in [6.45, 7) is 6.64. The van der Waals surface area contributed by atoms with Crippen LogP contribution in [0.15, 0.2) is 10.6 Å². The van der Waals surface area contributed by atoms with Crippen LogP contribution in [-0.2, 0) is 14.3 Å². The van der Waals surface area contributed by atoms with Gasteiger partial charge in [0.15, 0.2) is 11.9 Å². The van der Waals surface area contributed by atoms with E-state index in [0.717, 1.165) is 0 Å². The molecule has 2 heterocycles. The van der Waals surface area contributed by atoms with Crippen molar-refractivity contribution in [1.29, 1.82) is 0 Å². The first-order chi connectivity index (χ1) is 12.3. The number of carbonyl (C=O) groups is 3. The van der Waals surface area contributed by atoms with Crippen molar-refractivity contribution in [1.82, 2.24) is 10.1 Å². The summed E-state index contributed by atoms with van der Waals surface area (Å²) in [7, 11) is 1.26. The van der Waals surface area contributed by atoms with E-state index in [1.54, 1.807) is 33.8 Å². The molecule has 0 saturated carbocycles. The molecule has 2 N–H and O–H groups in total. The standard InChI is InChI=1S/C17H21N3O6/c1-6-11(15(21)19-12-7-8(2)26-20-12)25-17(23)14-9(3)13(10(4)18-14)16(22)24-5/h7,11,18H,6H2,1-5H3,(H,19,20,21)/t11-/m0/s1. The Morgan fingerprint density at radius 1 is 1.27 bits per heavy atom. The maximum absolute atomic E-state index is 12.5. The van der Waals surface area contributed by atoms with Crippen molar-refractivity contribution in [3.05, 3.63) is 34.3 Å². The second-order valence-corrected chi connectivity index (χ2v) is 5.73. The number of hydrogen-bond donors (Lipinski definition) is 2. The number of aromatic amines is 1. The number of amides is 1. The third-order valence-corrected chi connectivity index (χ3v) is 3.82. The van der Waals surface area contributed by atoms with Gasteiger partial charge in [0.25, 0.3) is 5.91 Å². The first kappa shape index (κ1) is 19.2. The monoisotopic (exact) mass is 363 g/mol. The summed E-state index contributed by atoms with van der Waals surface area (Å²) in [6, 6.07) is 1.55. The first-order valence-corrected chi connectivity index (χ1v) is 8.01. The van der Waals surface area contributed by atoms with Crippen molar-refractivity contribution < 1.29 is 28.4 Å². The molecular weight excluding hydrogens is 342 g/mol. The normalized spacial score (nSPS) is 11.7. The molecule has 0 bridgehead atoms. The van der Waals surface area contributed by atoms with E-state index in [1.165, 1.54) is 7.11 Å². The highest BCUT2D eigenvalue weighted by Crippen LogP contribution is 2.20. The molecule has 0 aliphatic heterocycles. The lowest BCUT2D eigenvalue weighted by Crippen LogP contribution is -2.32. The molecule has 0 fully saturated rings. The molecular formula is C17H21N3O6. The zero-order valence-electron chi connectivity index (χ0n) is 15.3. The fraction of sp³-hybridized carbons (Fsp3) is 0.412. The Bertz CT molecular complexity index is 836. The maximum Gasteiger partial charge on any atom is 0.355 e. The van der Waals surface area contributed by atoms with Crippen LogP contribution < -0.4 is 5.32 Å². The van der Waals surface area contributed by atoms with Crippen molar-refractivity contribution in [3.8, 4) is 0 Å². The molecule has 0 unspecified atom stereocenters. The zero-order valence-corrected chi connectivity index (χ0v) is 15.3. The highest BCUT2D eigenvalue weighted by atomic mass is 16.5. The van der Waals surface area contributed by atoms with E-state index >= 15 is 0 Å². The van der Waals surface area contributed by atoms with Gasteiger partial charge in [-0.3, -0.25) is 4.79 Å². The fourth-order valence-corrected chi connectivity index (χ4v) is 2.50. The van der Waals surface area contributed by atoms with E-state index in [9.17, 15) is 14.4 Å². The highest BCUT2D eigenvalue weighted by Gasteiger charge is 2.27. The lowest BCUT2D eigenvalue weighted by Gasteiger charge is -2.15. The van der Waals surface area contributed by atoms with E-state index in [2.05, 4.69) is 15.5 Å². The van der Waals surface area contributed by atoms with Crippen LogP contribution in [0.5, 0.6) is 0 Å². The number of hydrogen-bond acceptors (Lipinski definition) is 7. The molecule has 0 spiro atoms. The van der Waals surface area contributed by atoms with Crippen LogP contribution in [0.4, 0.5) is 5.82 Å². The van der Waals surface area contributed by atoms with Crippen molar-refractivity contribution in [3.63, 3.8) is 0 Å². The number of aryl methyl sites for hydroxylation is 2. The summed E-state index contributed by atoms with van der Waals surface area (Å²) in [6.07, 6.45) is -0.763. The number of ether oxygens (including phenoxy) is 2. The van der Waals surface area contributed by atoms with Crippen molar-refractivity contribution >= 4 is 23.7 Å². The van der Waals surface area contributed by atoms with Gasteiger partial charge in [-0.25, -0.2) is 9.59 Å². The number of aromatic nitrogens is 2. The number of rotatable bonds is 6. The smallest absolute Gasteiger partial charge is 0.355 e. The van der Waals surface area contributed by atoms with E-state index in [-0.39, 0.29) is 23.5 Å². The Labute approximate surface area is 150 Å². The molecule has 2 rings (SSSR count). The van der Waals surface area contributed by atoms with E-state index < -0.39 is 23.9 Å². The molecule has 26 heavy (non-hydrogen) atoms. The molecule has 0 saturated heterocycles. The number of carbonyl (C=O) groups excluding carboxylic acids is 3. The number of nitrogens with zero attached hydrogens (tertiary/aromatic N) is 1. The first-order valence-electron chi connectivity index (χ1n) is 8.01. The van der Waals surface area contributed by atoms with Crippen LogP contribution >= 0.6 is 0 Å². The topological polar surface area (TPSA) is 124 Å².